The molecule has 0 aliphatic rings. The van der Waals surface area contributed by atoms with Crippen LogP contribution in [-0.2, 0) is 22.6 Å². The van der Waals surface area contributed by atoms with Gasteiger partial charge in [-0.25, -0.2) is 18.4 Å². The van der Waals surface area contributed by atoms with E-state index in [9.17, 15) is 18.4 Å². The quantitative estimate of drug-likeness (QED) is 0.722. The predicted molar refractivity (Wildman–Crippen MR) is 95.3 cm³/mol. The lowest BCUT2D eigenvalue weighted by atomic mass is 10.1. The van der Waals surface area contributed by atoms with E-state index >= 15 is 0 Å². The maximum atomic E-state index is 13.9. The maximum absolute atomic E-state index is 13.9. The summed E-state index contributed by atoms with van der Waals surface area (Å²) in [5.74, 6) is -3.05. The second kappa shape index (κ2) is 9.63. The summed E-state index contributed by atoms with van der Waals surface area (Å²) in [5, 5.41) is 4.85. The SMILES string of the molecule is CCOCc1ccccc1CNC(=O)Nc1cc(C(=O)OC)c(F)cc1F. The lowest BCUT2D eigenvalue weighted by molar-refractivity contribution is 0.0595. The Morgan fingerprint density at radius 2 is 1.78 bits per heavy atom. The molecule has 27 heavy (non-hydrogen) atoms. The fourth-order valence-corrected chi connectivity index (χ4v) is 2.34. The maximum Gasteiger partial charge on any atom is 0.340 e. The van der Waals surface area contributed by atoms with Crippen molar-refractivity contribution in [1.29, 1.82) is 0 Å². The fraction of sp³-hybridized carbons (Fsp3) is 0.263. The lowest BCUT2D eigenvalue weighted by Crippen LogP contribution is -2.29. The van der Waals surface area contributed by atoms with Crippen LogP contribution in [0.2, 0.25) is 0 Å². The number of rotatable bonds is 7. The highest BCUT2D eigenvalue weighted by Gasteiger charge is 2.18. The number of amides is 2. The average molecular weight is 378 g/mol. The number of hydrogen-bond acceptors (Lipinski definition) is 4. The van der Waals surface area contributed by atoms with Crippen molar-refractivity contribution in [3.8, 4) is 0 Å². The zero-order chi connectivity index (χ0) is 19.8. The molecule has 0 aromatic heterocycles. The zero-order valence-corrected chi connectivity index (χ0v) is 15.0. The monoisotopic (exact) mass is 378 g/mol. The molecule has 0 fully saturated rings. The topological polar surface area (TPSA) is 76.7 Å². The number of carbonyl (C=O) groups excluding carboxylic acids is 2. The number of methoxy groups -OCH3 is 1. The highest BCUT2D eigenvalue weighted by molar-refractivity contribution is 5.94. The number of hydrogen-bond donors (Lipinski definition) is 2. The van der Waals surface area contributed by atoms with Gasteiger partial charge in [-0.1, -0.05) is 24.3 Å². The van der Waals surface area contributed by atoms with Gasteiger partial charge in [0.25, 0.3) is 0 Å². The highest BCUT2D eigenvalue weighted by Crippen LogP contribution is 2.20. The van der Waals surface area contributed by atoms with E-state index in [1.807, 2.05) is 31.2 Å². The molecule has 2 rings (SSSR count). The first-order valence-corrected chi connectivity index (χ1v) is 8.23. The molecular weight excluding hydrogens is 358 g/mol. The Bertz CT molecular complexity index is 827. The summed E-state index contributed by atoms with van der Waals surface area (Å²) in [7, 11) is 1.07. The van der Waals surface area contributed by atoms with Crippen LogP contribution >= 0.6 is 0 Å². The van der Waals surface area contributed by atoms with Crippen molar-refractivity contribution in [1.82, 2.24) is 5.32 Å². The molecule has 0 aliphatic carbocycles. The predicted octanol–water partition coefficient (Wildman–Crippen LogP) is 3.61. The van der Waals surface area contributed by atoms with E-state index in [0.717, 1.165) is 24.3 Å². The standard InChI is InChI=1S/C19H20F2N2O4/c1-3-27-11-13-7-5-4-6-12(13)10-22-19(25)23-17-8-14(18(24)26-2)15(20)9-16(17)21/h4-9H,3,10-11H2,1-2H3,(H2,22,23,25). The molecule has 0 atom stereocenters. The molecule has 8 heteroatoms. The van der Waals surface area contributed by atoms with E-state index in [4.69, 9.17) is 4.74 Å². The third-order valence-electron chi connectivity index (χ3n) is 3.73. The van der Waals surface area contributed by atoms with Gasteiger partial charge in [0.1, 0.15) is 11.6 Å². The van der Waals surface area contributed by atoms with Crippen molar-refractivity contribution in [2.45, 2.75) is 20.1 Å². The minimum absolute atomic E-state index is 0.182. The van der Waals surface area contributed by atoms with Crippen LogP contribution in [0.4, 0.5) is 19.3 Å². The minimum atomic E-state index is -1.07. The second-order valence-corrected chi connectivity index (χ2v) is 5.52. The largest absolute Gasteiger partial charge is 0.465 e. The van der Waals surface area contributed by atoms with Crippen LogP contribution in [0.25, 0.3) is 0 Å². The Balaban J connectivity index is 2.05. The minimum Gasteiger partial charge on any atom is -0.465 e. The van der Waals surface area contributed by atoms with Gasteiger partial charge in [-0.05, 0) is 24.1 Å². The number of benzene rings is 2. The van der Waals surface area contributed by atoms with Crippen molar-refractivity contribution in [2.24, 2.45) is 0 Å². The molecule has 0 bridgehead atoms. The molecule has 0 spiro atoms. The van der Waals surface area contributed by atoms with Gasteiger partial charge in [0.15, 0.2) is 0 Å². The van der Waals surface area contributed by atoms with E-state index in [0.29, 0.717) is 19.3 Å². The molecule has 0 heterocycles. The summed E-state index contributed by atoms with van der Waals surface area (Å²) < 4.78 is 37.3. The van der Waals surface area contributed by atoms with Crippen LogP contribution in [0, 0.1) is 11.6 Å². The first-order valence-electron chi connectivity index (χ1n) is 8.23. The molecule has 2 amide bonds. The normalized spacial score (nSPS) is 10.4. The number of urea groups is 1. The van der Waals surface area contributed by atoms with E-state index in [1.165, 1.54) is 0 Å². The molecule has 0 unspecified atom stereocenters. The second-order valence-electron chi connectivity index (χ2n) is 5.52. The molecule has 2 aromatic rings. The van der Waals surface area contributed by atoms with Gasteiger partial charge < -0.3 is 20.1 Å². The molecule has 0 radical (unpaired) electrons. The van der Waals surface area contributed by atoms with Crippen LogP contribution in [0.15, 0.2) is 36.4 Å². The Kier molecular flexibility index (Phi) is 7.25. The van der Waals surface area contributed by atoms with Crippen molar-refractivity contribution >= 4 is 17.7 Å². The average Bonchev–Trinajstić information content (AvgIpc) is 2.66. The summed E-state index contributed by atoms with van der Waals surface area (Å²) in [4.78, 5) is 23.6. The molecule has 144 valence electrons. The van der Waals surface area contributed by atoms with Gasteiger partial charge in [0.2, 0.25) is 0 Å². The van der Waals surface area contributed by atoms with Crippen molar-refractivity contribution < 1.29 is 27.8 Å². The summed E-state index contributed by atoms with van der Waals surface area (Å²) in [6, 6.07) is 8.10. The smallest absolute Gasteiger partial charge is 0.340 e. The molecule has 6 nitrogen and oxygen atoms in total. The van der Waals surface area contributed by atoms with Crippen LogP contribution in [0.3, 0.4) is 0 Å². The summed E-state index contributed by atoms with van der Waals surface area (Å²) >= 11 is 0. The molecule has 2 N–H and O–H groups in total. The van der Waals surface area contributed by atoms with Crippen molar-refractivity contribution in [2.75, 3.05) is 19.0 Å². The fourth-order valence-electron chi connectivity index (χ4n) is 2.34. The number of anilines is 1. The number of carbonyl (C=O) groups is 2. The molecule has 0 saturated carbocycles. The van der Waals surface area contributed by atoms with Gasteiger partial charge >= 0.3 is 12.0 Å². The number of nitrogens with one attached hydrogen (secondary N) is 2. The summed E-state index contributed by atoms with van der Waals surface area (Å²) in [5.41, 5.74) is 0.949. The van der Waals surface area contributed by atoms with Gasteiger partial charge in [-0.2, -0.15) is 0 Å². The Labute approximate surface area is 155 Å². The van der Waals surface area contributed by atoms with Crippen LogP contribution < -0.4 is 10.6 Å². The van der Waals surface area contributed by atoms with E-state index in [-0.39, 0.29) is 12.2 Å². The van der Waals surface area contributed by atoms with Crippen LogP contribution in [0.1, 0.15) is 28.4 Å². The molecule has 0 aliphatic heterocycles. The molecular formula is C19H20F2N2O4. The first-order chi connectivity index (χ1) is 13.0. The third kappa shape index (κ3) is 5.49. The van der Waals surface area contributed by atoms with E-state index in [1.54, 1.807) is 0 Å². The summed E-state index contributed by atoms with van der Waals surface area (Å²) in [6.45, 7) is 3.04. The molecule has 2 aromatic carbocycles. The first kappa shape index (κ1) is 20.3. The van der Waals surface area contributed by atoms with Crippen molar-refractivity contribution in [3.63, 3.8) is 0 Å². The Morgan fingerprint density at radius 1 is 1.07 bits per heavy atom. The van der Waals surface area contributed by atoms with Crippen LogP contribution in [-0.4, -0.2) is 25.7 Å². The van der Waals surface area contributed by atoms with E-state index < -0.39 is 29.2 Å². The highest BCUT2D eigenvalue weighted by atomic mass is 19.1. The van der Waals surface area contributed by atoms with Crippen LogP contribution in [0.5, 0.6) is 0 Å². The van der Waals surface area contributed by atoms with Gasteiger partial charge in [0, 0.05) is 19.2 Å². The number of ether oxygens (including phenoxy) is 2. The van der Waals surface area contributed by atoms with Crippen molar-refractivity contribution in [3.05, 3.63) is 64.7 Å². The van der Waals surface area contributed by atoms with E-state index in [2.05, 4.69) is 15.4 Å². The number of halogens is 2. The van der Waals surface area contributed by atoms with Gasteiger partial charge in [0.05, 0.1) is 25.0 Å². The Morgan fingerprint density at radius 3 is 2.44 bits per heavy atom. The number of esters is 1. The lowest BCUT2D eigenvalue weighted by Gasteiger charge is -2.12. The molecule has 0 saturated heterocycles. The van der Waals surface area contributed by atoms with Gasteiger partial charge in [-0.15, -0.1) is 0 Å². The Hall–Kier alpha value is -3.00. The summed E-state index contributed by atoms with van der Waals surface area (Å²) in [6.07, 6.45) is 0. The zero-order valence-electron chi connectivity index (χ0n) is 15.0. The van der Waals surface area contributed by atoms with Gasteiger partial charge in [-0.3, -0.25) is 0 Å². The third-order valence-corrected chi connectivity index (χ3v) is 3.73.